The van der Waals surface area contributed by atoms with Gasteiger partial charge >= 0.3 is 0 Å². The highest BCUT2D eigenvalue weighted by atomic mass is 35.5. The molecule has 3 rings (SSSR count). The summed E-state index contributed by atoms with van der Waals surface area (Å²) in [6, 6.07) is 6.34. The number of non-ortho nitro benzene ring substituents is 1. The summed E-state index contributed by atoms with van der Waals surface area (Å²) in [5.41, 5.74) is 5.71. The number of nitro benzene ring substituents is 1. The minimum atomic E-state index is -0.436. The zero-order valence-electron chi connectivity index (χ0n) is 11.7. The Labute approximate surface area is 137 Å². The molecular weight excluding hydrogens is 326 g/mol. The molecule has 0 spiro atoms. The predicted octanol–water partition coefficient (Wildman–Crippen LogP) is 2.70. The standard InChI is InChI=1S/C14H15N3O3S.ClH/c15-7-11(8-1-2-8)16-14(18)13-6-9-5-10(17(19)20)3-4-12(9)21-13;/h3-6,8,11H,1-2,7,15H2,(H,16,18);1H. The molecule has 6 nitrogen and oxygen atoms in total. The van der Waals surface area contributed by atoms with Crippen LogP contribution < -0.4 is 11.1 Å². The first kappa shape index (κ1) is 16.7. The number of nitrogens with zero attached hydrogens (tertiary/aromatic N) is 1. The molecule has 1 aromatic heterocycles. The number of hydrogen-bond donors (Lipinski definition) is 2. The van der Waals surface area contributed by atoms with Crippen molar-refractivity contribution in [2.75, 3.05) is 6.54 Å². The van der Waals surface area contributed by atoms with Gasteiger partial charge in [-0.2, -0.15) is 0 Å². The van der Waals surface area contributed by atoms with Gasteiger partial charge < -0.3 is 11.1 Å². The number of rotatable bonds is 5. The minimum absolute atomic E-state index is 0. The van der Waals surface area contributed by atoms with Crippen LogP contribution in [0.5, 0.6) is 0 Å². The highest BCUT2D eigenvalue weighted by Crippen LogP contribution is 2.33. The fourth-order valence-corrected chi connectivity index (χ4v) is 3.31. The van der Waals surface area contributed by atoms with Gasteiger partial charge in [-0.05, 0) is 30.9 Å². The van der Waals surface area contributed by atoms with E-state index in [9.17, 15) is 14.9 Å². The molecule has 8 heteroatoms. The molecule has 0 bridgehead atoms. The highest BCUT2D eigenvalue weighted by molar-refractivity contribution is 7.20. The van der Waals surface area contributed by atoms with Crippen molar-refractivity contribution >= 4 is 45.4 Å². The van der Waals surface area contributed by atoms with Gasteiger partial charge in [0, 0.05) is 34.8 Å². The van der Waals surface area contributed by atoms with Gasteiger partial charge in [0.2, 0.25) is 0 Å². The maximum absolute atomic E-state index is 12.2. The first-order valence-electron chi connectivity index (χ1n) is 6.77. The van der Waals surface area contributed by atoms with Crippen molar-refractivity contribution in [1.29, 1.82) is 0 Å². The van der Waals surface area contributed by atoms with Gasteiger partial charge in [0.1, 0.15) is 0 Å². The molecule has 1 aliphatic rings. The molecule has 0 aliphatic heterocycles. The third-order valence-electron chi connectivity index (χ3n) is 3.70. The van der Waals surface area contributed by atoms with Crippen molar-refractivity contribution < 1.29 is 9.72 Å². The van der Waals surface area contributed by atoms with Gasteiger partial charge in [-0.15, -0.1) is 23.7 Å². The average Bonchev–Trinajstić information content (AvgIpc) is 3.21. The predicted molar refractivity (Wildman–Crippen MR) is 88.8 cm³/mol. The number of halogens is 1. The van der Waals surface area contributed by atoms with Crippen molar-refractivity contribution in [3.05, 3.63) is 39.3 Å². The maximum atomic E-state index is 12.2. The van der Waals surface area contributed by atoms with Crippen molar-refractivity contribution in [3.63, 3.8) is 0 Å². The summed E-state index contributed by atoms with van der Waals surface area (Å²) in [6.07, 6.45) is 2.22. The van der Waals surface area contributed by atoms with E-state index in [1.165, 1.54) is 23.5 Å². The Morgan fingerprint density at radius 2 is 2.18 bits per heavy atom. The summed E-state index contributed by atoms with van der Waals surface area (Å²) in [4.78, 5) is 23.1. The van der Waals surface area contributed by atoms with Crippen molar-refractivity contribution in [2.45, 2.75) is 18.9 Å². The van der Waals surface area contributed by atoms with Crippen molar-refractivity contribution in [2.24, 2.45) is 11.7 Å². The van der Waals surface area contributed by atoms with Crippen LogP contribution in [0.15, 0.2) is 24.3 Å². The number of benzene rings is 1. The van der Waals surface area contributed by atoms with E-state index < -0.39 is 4.92 Å². The number of nitro groups is 1. The molecule has 1 aromatic carbocycles. The second kappa shape index (κ2) is 6.60. The number of amides is 1. The number of nitrogens with one attached hydrogen (secondary N) is 1. The minimum Gasteiger partial charge on any atom is -0.347 e. The average molecular weight is 342 g/mol. The molecule has 1 heterocycles. The summed E-state index contributed by atoms with van der Waals surface area (Å²) in [6.45, 7) is 0.437. The molecule has 1 saturated carbocycles. The summed E-state index contributed by atoms with van der Waals surface area (Å²) >= 11 is 1.33. The van der Waals surface area contributed by atoms with E-state index in [1.54, 1.807) is 12.1 Å². The Bertz CT molecular complexity index is 714. The molecule has 1 atom stereocenters. The topological polar surface area (TPSA) is 98.3 Å². The normalized spacial score (nSPS) is 15.1. The first-order chi connectivity index (χ1) is 10.1. The Balaban J connectivity index is 0.00000176. The number of thiophene rings is 1. The number of carbonyl (C=O) groups is 1. The van der Waals surface area contributed by atoms with Gasteiger partial charge in [0.25, 0.3) is 11.6 Å². The Morgan fingerprint density at radius 1 is 1.45 bits per heavy atom. The molecule has 2 aromatic rings. The smallest absolute Gasteiger partial charge is 0.270 e. The van der Waals surface area contributed by atoms with Crippen LogP contribution in [0.25, 0.3) is 10.1 Å². The summed E-state index contributed by atoms with van der Waals surface area (Å²) < 4.78 is 0.862. The van der Waals surface area contributed by atoms with Crippen molar-refractivity contribution in [1.82, 2.24) is 5.32 Å². The van der Waals surface area contributed by atoms with Gasteiger partial charge in [0.15, 0.2) is 0 Å². The Morgan fingerprint density at radius 3 is 2.77 bits per heavy atom. The van der Waals surface area contributed by atoms with Crippen LogP contribution in [-0.4, -0.2) is 23.4 Å². The van der Waals surface area contributed by atoms with Gasteiger partial charge in [-0.3, -0.25) is 14.9 Å². The van der Waals surface area contributed by atoms with E-state index in [0.717, 1.165) is 22.9 Å². The van der Waals surface area contributed by atoms with Crippen LogP contribution in [-0.2, 0) is 0 Å². The summed E-state index contributed by atoms with van der Waals surface area (Å²) in [5.74, 6) is 0.343. The quantitative estimate of drug-likeness (QED) is 0.645. The lowest BCUT2D eigenvalue weighted by Gasteiger charge is -2.14. The SMILES string of the molecule is Cl.NCC(NC(=O)c1cc2cc([N+](=O)[O-])ccc2s1)C1CC1. The third-order valence-corrected chi connectivity index (χ3v) is 4.81. The summed E-state index contributed by atoms with van der Waals surface area (Å²) in [7, 11) is 0. The number of hydrogen-bond acceptors (Lipinski definition) is 5. The van der Waals surface area contributed by atoms with Crippen LogP contribution in [0.4, 0.5) is 5.69 Å². The lowest BCUT2D eigenvalue weighted by atomic mass is 10.2. The largest absolute Gasteiger partial charge is 0.347 e. The monoisotopic (exact) mass is 341 g/mol. The van der Waals surface area contributed by atoms with Gasteiger partial charge in [-0.25, -0.2) is 0 Å². The molecule has 1 aliphatic carbocycles. The molecule has 0 saturated heterocycles. The Hall–Kier alpha value is -1.70. The maximum Gasteiger partial charge on any atom is 0.270 e. The second-order valence-electron chi connectivity index (χ2n) is 5.24. The number of fused-ring (bicyclic) bond motifs is 1. The number of carbonyl (C=O) groups excluding carboxylic acids is 1. The van der Waals surface area contributed by atoms with E-state index >= 15 is 0 Å². The summed E-state index contributed by atoms with van der Waals surface area (Å²) in [5, 5.41) is 14.4. The van der Waals surface area contributed by atoms with E-state index in [1.807, 2.05) is 0 Å². The van der Waals surface area contributed by atoms with E-state index in [2.05, 4.69) is 5.32 Å². The molecular formula is C14H16ClN3O3S. The lowest BCUT2D eigenvalue weighted by Crippen LogP contribution is -2.41. The molecule has 22 heavy (non-hydrogen) atoms. The fourth-order valence-electron chi connectivity index (χ4n) is 2.36. The van der Waals surface area contributed by atoms with E-state index in [-0.39, 0.29) is 30.0 Å². The van der Waals surface area contributed by atoms with Crippen LogP contribution in [0.2, 0.25) is 0 Å². The number of nitrogens with two attached hydrogens (primary N) is 1. The zero-order chi connectivity index (χ0) is 15.0. The molecule has 1 amide bonds. The van der Waals surface area contributed by atoms with E-state index in [4.69, 9.17) is 5.73 Å². The van der Waals surface area contributed by atoms with Crippen LogP contribution in [0, 0.1) is 16.0 Å². The third kappa shape index (κ3) is 3.37. The molecule has 0 radical (unpaired) electrons. The molecule has 118 valence electrons. The molecule has 3 N–H and O–H groups in total. The van der Waals surface area contributed by atoms with E-state index in [0.29, 0.717) is 17.3 Å². The van der Waals surface area contributed by atoms with Gasteiger partial charge in [0.05, 0.1) is 9.80 Å². The van der Waals surface area contributed by atoms with Crippen molar-refractivity contribution in [3.8, 4) is 0 Å². The molecule has 1 unspecified atom stereocenters. The zero-order valence-corrected chi connectivity index (χ0v) is 13.3. The fraction of sp³-hybridized carbons (Fsp3) is 0.357. The van der Waals surface area contributed by atoms with Gasteiger partial charge in [-0.1, -0.05) is 0 Å². The Kier molecular flexibility index (Phi) is 5.00. The van der Waals surface area contributed by atoms with Crippen LogP contribution >= 0.6 is 23.7 Å². The lowest BCUT2D eigenvalue weighted by molar-refractivity contribution is -0.384. The second-order valence-corrected chi connectivity index (χ2v) is 6.33. The highest BCUT2D eigenvalue weighted by Gasteiger charge is 2.31. The van der Waals surface area contributed by atoms with Crippen LogP contribution in [0.3, 0.4) is 0 Å². The molecule has 1 fully saturated rings. The van der Waals surface area contributed by atoms with Crippen LogP contribution in [0.1, 0.15) is 22.5 Å². The first-order valence-corrected chi connectivity index (χ1v) is 7.59.